The van der Waals surface area contributed by atoms with E-state index in [0.29, 0.717) is 24.5 Å². The van der Waals surface area contributed by atoms with Gasteiger partial charge in [0.1, 0.15) is 11.5 Å². The van der Waals surface area contributed by atoms with Crippen LogP contribution in [-0.4, -0.2) is 35.2 Å². The Balaban J connectivity index is 1.58. The van der Waals surface area contributed by atoms with Gasteiger partial charge in [-0.1, -0.05) is 18.2 Å². The summed E-state index contributed by atoms with van der Waals surface area (Å²) in [7, 11) is 0. The van der Waals surface area contributed by atoms with E-state index in [0.717, 1.165) is 18.6 Å². The fourth-order valence-electron chi connectivity index (χ4n) is 2.57. The predicted octanol–water partition coefficient (Wildman–Crippen LogP) is 3.47. The Morgan fingerprint density at radius 1 is 1.09 bits per heavy atom. The number of carbonyl (C=O) groups is 1. The van der Waals surface area contributed by atoms with Crippen LogP contribution in [0.3, 0.4) is 0 Å². The van der Waals surface area contributed by atoms with Crippen LogP contribution in [0.25, 0.3) is 0 Å². The number of nitrogens with one attached hydrogen (secondary N) is 1. The molecular weight excluding hydrogens is 292 g/mol. The van der Waals surface area contributed by atoms with Crippen molar-refractivity contribution in [2.45, 2.75) is 18.9 Å². The topological polar surface area (TPSA) is 61.8 Å². The van der Waals surface area contributed by atoms with Gasteiger partial charge in [-0.2, -0.15) is 0 Å². The van der Waals surface area contributed by atoms with Gasteiger partial charge in [-0.05, 0) is 49.2 Å². The first-order valence-electron chi connectivity index (χ1n) is 7.78. The fourth-order valence-corrected chi connectivity index (χ4v) is 2.57. The molecular formula is C18H20N2O3. The van der Waals surface area contributed by atoms with E-state index in [4.69, 9.17) is 4.74 Å². The molecule has 0 radical (unpaired) electrons. The number of piperidine rings is 1. The van der Waals surface area contributed by atoms with Crippen LogP contribution in [0.4, 0.5) is 10.5 Å². The van der Waals surface area contributed by atoms with E-state index in [9.17, 15) is 9.90 Å². The van der Waals surface area contributed by atoms with Crippen molar-refractivity contribution in [3.63, 3.8) is 0 Å². The molecule has 1 aliphatic heterocycles. The molecule has 1 saturated heterocycles. The zero-order valence-electron chi connectivity index (χ0n) is 12.8. The third-order valence-electron chi connectivity index (χ3n) is 3.77. The number of aliphatic hydroxyl groups is 1. The maximum atomic E-state index is 12.2. The lowest BCUT2D eigenvalue weighted by atomic mass is 10.1. The summed E-state index contributed by atoms with van der Waals surface area (Å²) in [6.45, 7) is 1.07. The molecule has 1 aliphatic rings. The Morgan fingerprint density at radius 2 is 1.78 bits per heavy atom. The van der Waals surface area contributed by atoms with E-state index in [2.05, 4.69) is 5.32 Å². The largest absolute Gasteiger partial charge is 0.457 e. The van der Waals surface area contributed by atoms with Crippen molar-refractivity contribution in [2.75, 3.05) is 18.4 Å². The van der Waals surface area contributed by atoms with Crippen molar-refractivity contribution in [2.24, 2.45) is 0 Å². The first kappa shape index (κ1) is 15.4. The molecule has 5 heteroatoms. The maximum absolute atomic E-state index is 12.2. The van der Waals surface area contributed by atoms with Gasteiger partial charge >= 0.3 is 6.03 Å². The lowest BCUT2D eigenvalue weighted by Crippen LogP contribution is -2.44. The Bertz CT molecular complexity index is 643. The van der Waals surface area contributed by atoms with Crippen LogP contribution in [0.1, 0.15) is 12.8 Å². The van der Waals surface area contributed by atoms with Gasteiger partial charge in [0.2, 0.25) is 0 Å². The SMILES string of the molecule is O=C(Nc1ccc(Oc2ccccc2)cc1)N1CCCC(O)C1. The Labute approximate surface area is 135 Å². The number of para-hydroxylation sites is 1. The average Bonchev–Trinajstić information content (AvgIpc) is 2.57. The van der Waals surface area contributed by atoms with Gasteiger partial charge < -0.3 is 20.1 Å². The number of hydrogen-bond acceptors (Lipinski definition) is 3. The van der Waals surface area contributed by atoms with Crippen LogP contribution in [0.2, 0.25) is 0 Å². The summed E-state index contributed by atoms with van der Waals surface area (Å²) in [5.41, 5.74) is 0.704. The van der Waals surface area contributed by atoms with Crippen molar-refractivity contribution >= 4 is 11.7 Å². The van der Waals surface area contributed by atoms with Gasteiger partial charge in [0.25, 0.3) is 0 Å². The second-order valence-electron chi connectivity index (χ2n) is 5.61. The number of rotatable bonds is 3. The number of benzene rings is 2. The molecule has 0 bridgehead atoms. The molecule has 1 atom stereocenters. The van der Waals surface area contributed by atoms with Gasteiger partial charge in [0.15, 0.2) is 0 Å². The molecule has 23 heavy (non-hydrogen) atoms. The number of carbonyl (C=O) groups excluding carboxylic acids is 1. The Hall–Kier alpha value is -2.53. The number of likely N-dealkylation sites (tertiary alicyclic amines) is 1. The minimum atomic E-state index is -0.420. The normalized spacial score (nSPS) is 17.6. The third kappa shape index (κ3) is 4.23. The van der Waals surface area contributed by atoms with Crippen LogP contribution < -0.4 is 10.1 Å². The zero-order chi connectivity index (χ0) is 16.1. The standard InChI is InChI=1S/C18H20N2O3/c21-15-5-4-12-20(13-15)18(22)19-14-8-10-17(11-9-14)23-16-6-2-1-3-7-16/h1-3,6-11,15,21H,4-5,12-13H2,(H,19,22). The van der Waals surface area contributed by atoms with Gasteiger partial charge in [-0.3, -0.25) is 0 Å². The smallest absolute Gasteiger partial charge is 0.321 e. The number of anilines is 1. The van der Waals surface area contributed by atoms with Crippen molar-refractivity contribution in [3.8, 4) is 11.5 Å². The average molecular weight is 312 g/mol. The molecule has 0 aliphatic carbocycles. The van der Waals surface area contributed by atoms with Gasteiger partial charge in [0.05, 0.1) is 6.10 Å². The van der Waals surface area contributed by atoms with Crippen LogP contribution in [0, 0.1) is 0 Å². The summed E-state index contributed by atoms with van der Waals surface area (Å²) in [6.07, 6.45) is 1.17. The molecule has 3 rings (SSSR count). The Morgan fingerprint density at radius 3 is 2.48 bits per heavy atom. The number of amides is 2. The molecule has 0 saturated carbocycles. The summed E-state index contributed by atoms with van der Waals surface area (Å²) in [4.78, 5) is 13.8. The van der Waals surface area contributed by atoms with Crippen LogP contribution >= 0.6 is 0 Å². The third-order valence-corrected chi connectivity index (χ3v) is 3.77. The van der Waals surface area contributed by atoms with E-state index in [1.165, 1.54) is 0 Å². The van der Waals surface area contributed by atoms with Crippen LogP contribution in [0.5, 0.6) is 11.5 Å². The van der Waals surface area contributed by atoms with E-state index in [1.807, 2.05) is 42.5 Å². The van der Waals surface area contributed by atoms with Crippen molar-refractivity contribution in [1.29, 1.82) is 0 Å². The summed E-state index contributed by atoms with van der Waals surface area (Å²) in [5.74, 6) is 1.48. The molecule has 2 aromatic rings. The number of ether oxygens (including phenoxy) is 1. The summed E-state index contributed by atoms with van der Waals surface area (Å²) in [6, 6.07) is 16.6. The number of nitrogens with zero attached hydrogens (tertiary/aromatic N) is 1. The van der Waals surface area contributed by atoms with Gasteiger partial charge in [0, 0.05) is 18.8 Å². The minimum absolute atomic E-state index is 0.180. The lowest BCUT2D eigenvalue weighted by molar-refractivity contribution is 0.0883. The van der Waals surface area contributed by atoms with Gasteiger partial charge in [-0.25, -0.2) is 4.79 Å². The van der Waals surface area contributed by atoms with Crippen molar-refractivity contribution in [3.05, 3.63) is 54.6 Å². The summed E-state index contributed by atoms with van der Waals surface area (Å²) in [5, 5.41) is 12.5. The van der Waals surface area contributed by atoms with Gasteiger partial charge in [-0.15, -0.1) is 0 Å². The first-order valence-corrected chi connectivity index (χ1v) is 7.78. The minimum Gasteiger partial charge on any atom is -0.457 e. The molecule has 0 aromatic heterocycles. The van der Waals surface area contributed by atoms with Crippen molar-refractivity contribution in [1.82, 2.24) is 4.90 Å². The molecule has 120 valence electrons. The summed E-state index contributed by atoms with van der Waals surface area (Å²) >= 11 is 0. The fraction of sp³-hybridized carbons (Fsp3) is 0.278. The second kappa shape index (κ2) is 7.15. The molecule has 1 fully saturated rings. The van der Waals surface area contributed by atoms with E-state index >= 15 is 0 Å². The molecule has 1 heterocycles. The first-order chi connectivity index (χ1) is 11.2. The highest BCUT2D eigenvalue weighted by molar-refractivity contribution is 5.89. The molecule has 5 nitrogen and oxygen atoms in total. The van der Waals surface area contributed by atoms with E-state index < -0.39 is 6.10 Å². The van der Waals surface area contributed by atoms with Crippen LogP contribution in [-0.2, 0) is 0 Å². The Kier molecular flexibility index (Phi) is 4.78. The van der Waals surface area contributed by atoms with Crippen LogP contribution in [0.15, 0.2) is 54.6 Å². The number of β-amino-alcohol motifs (C(OH)–C–C–N with tert-alkyl or cyclic N) is 1. The number of aliphatic hydroxyl groups excluding tert-OH is 1. The highest BCUT2D eigenvalue weighted by atomic mass is 16.5. The predicted molar refractivity (Wildman–Crippen MR) is 88.8 cm³/mol. The van der Waals surface area contributed by atoms with E-state index in [-0.39, 0.29) is 6.03 Å². The molecule has 2 amide bonds. The van der Waals surface area contributed by atoms with Crippen molar-refractivity contribution < 1.29 is 14.6 Å². The number of urea groups is 1. The number of hydrogen-bond donors (Lipinski definition) is 2. The highest BCUT2D eigenvalue weighted by Gasteiger charge is 2.21. The molecule has 2 N–H and O–H groups in total. The highest BCUT2D eigenvalue weighted by Crippen LogP contribution is 2.23. The monoisotopic (exact) mass is 312 g/mol. The maximum Gasteiger partial charge on any atom is 0.321 e. The zero-order valence-corrected chi connectivity index (χ0v) is 12.8. The summed E-state index contributed by atoms with van der Waals surface area (Å²) < 4.78 is 5.71. The second-order valence-corrected chi connectivity index (χ2v) is 5.61. The quantitative estimate of drug-likeness (QED) is 0.912. The molecule has 1 unspecified atom stereocenters. The molecule has 0 spiro atoms. The van der Waals surface area contributed by atoms with E-state index in [1.54, 1.807) is 17.0 Å². The lowest BCUT2D eigenvalue weighted by Gasteiger charge is -2.30. The molecule has 2 aromatic carbocycles.